The minimum Gasteiger partial charge on any atom is -0.166 e. The van der Waals surface area contributed by atoms with Gasteiger partial charge >= 0.3 is 6.18 Å². The number of alkyl halides is 3. The van der Waals surface area contributed by atoms with Gasteiger partial charge in [-0.3, -0.25) is 0 Å². The van der Waals surface area contributed by atoms with E-state index >= 15 is 0 Å². The lowest BCUT2D eigenvalue weighted by Crippen LogP contribution is -2.09. The molecule has 0 bridgehead atoms. The first-order valence-electron chi connectivity index (χ1n) is 5.06. The first-order chi connectivity index (χ1) is 6.91. The molecule has 0 aliphatic rings. The zero-order valence-corrected chi connectivity index (χ0v) is 8.93. The van der Waals surface area contributed by atoms with Gasteiger partial charge in [0.15, 0.2) is 0 Å². The van der Waals surface area contributed by atoms with Crippen molar-refractivity contribution in [2.24, 2.45) is 5.92 Å². The summed E-state index contributed by atoms with van der Waals surface area (Å²) in [6.45, 7) is 4.02. The molecule has 0 N–H and O–H groups in total. The molecule has 1 aromatic rings. The molecule has 0 spiro atoms. The number of rotatable bonds is 3. The van der Waals surface area contributed by atoms with E-state index in [1.807, 2.05) is 13.8 Å². The molecule has 84 valence electrons. The van der Waals surface area contributed by atoms with Gasteiger partial charge in [0.05, 0.1) is 5.56 Å². The van der Waals surface area contributed by atoms with Crippen molar-refractivity contribution < 1.29 is 13.2 Å². The van der Waals surface area contributed by atoms with Crippen LogP contribution in [-0.4, -0.2) is 0 Å². The van der Waals surface area contributed by atoms with E-state index in [2.05, 4.69) is 0 Å². The van der Waals surface area contributed by atoms with E-state index in [1.165, 1.54) is 6.07 Å². The van der Waals surface area contributed by atoms with Crippen molar-refractivity contribution in [3.8, 4) is 0 Å². The van der Waals surface area contributed by atoms with Crippen molar-refractivity contribution in [2.75, 3.05) is 0 Å². The summed E-state index contributed by atoms with van der Waals surface area (Å²) in [5.41, 5.74) is -0.0932. The van der Waals surface area contributed by atoms with Gasteiger partial charge in [0.25, 0.3) is 0 Å². The van der Waals surface area contributed by atoms with Crippen LogP contribution in [0.4, 0.5) is 13.2 Å². The highest BCUT2D eigenvalue weighted by Crippen LogP contribution is 2.32. The predicted molar refractivity (Wildman–Crippen MR) is 54.6 cm³/mol. The smallest absolute Gasteiger partial charge is 0.166 e. The highest BCUT2D eigenvalue weighted by atomic mass is 19.4. The van der Waals surface area contributed by atoms with Crippen LogP contribution in [0.1, 0.15) is 31.4 Å². The molecule has 1 aromatic carbocycles. The second-order valence-electron chi connectivity index (χ2n) is 4.09. The van der Waals surface area contributed by atoms with Gasteiger partial charge in [-0.05, 0) is 30.4 Å². The van der Waals surface area contributed by atoms with Crippen LogP contribution in [-0.2, 0) is 12.6 Å². The van der Waals surface area contributed by atoms with Gasteiger partial charge in [-0.1, -0.05) is 32.0 Å². The number of hydrogen-bond donors (Lipinski definition) is 0. The molecule has 0 nitrogen and oxygen atoms in total. The Morgan fingerprint density at radius 2 is 1.73 bits per heavy atom. The third-order valence-corrected chi connectivity index (χ3v) is 2.31. The molecule has 0 saturated carbocycles. The largest absolute Gasteiger partial charge is 0.416 e. The Hall–Kier alpha value is -0.990. The fourth-order valence-electron chi connectivity index (χ4n) is 1.46. The summed E-state index contributed by atoms with van der Waals surface area (Å²) in [4.78, 5) is 0. The zero-order chi connectivity index (χ0) is 11.5. The fourth-order valence-corrected chi connectivity index (χ4v) is 1.46. The van der Waals surface area contributed by atoms with E-state index in [4.69, 9.17) is 0 Å². The molecular formula is C12H15F3. The first kappa shape index (κ1) is 12.1. The number of aryl methyl sites for hydroxylation is 1. The van der Waals surface area contributed by atoms with Gasteiger partial charge in [0, 0.05) is 0 Å². The first-order valence-corrected chi connectivity index (χ1v) is 5.06. The van der Waals surface area contributed by atoms with E-state index in [0.717, 1.165) is 12.5 Å². The Labute approximate surface area is 88.1 Å². The van der Waals surface area contributed by atoms with Crippen LogP contribution < -0.4 is 0 Å². The molecule has 0 aromatic heterocycles. The van der Waals surface area contributed by atoms with E-state index in [1.54, 1.807) is 12.1 Å². The van der Waals surface area contributed by atoms with Gasteiger partial charge in [0.2, 0.25) is 0 Å². The number of hydrogen-bond acceptors (Lipinski definition) is 0. The Kier molecular flexibility index (Phi) is 3.77. The fraction of sp³-hybridized carbons (Fsp3) is 0.500. The summed E-state index contributed by atoms with van der Waals surface area (Å²) in [7, 11) is 0. The third kappa shape index (κ3) is 3.57. The molecule has 0 saturated heterocycles. The maximum absolute atomic E-state index is 12.6. The monoisotopic (exact) mass is 216 g/mol. The molecule has 0 aliphatic heterocycles. The topological polar surface area (TPSA) is 0 Å². The molecule has 0 amide bonds. The van der Waals surface area contributed by atoms with Crippen LogP contribution >= 0.6 is 0 Å². The van der Waals surface area contributed by atoms with Gasteiger partial charge < -0.3 is 0 Å². The molecular weight excluding hydrogens is 201 g/mol. The van der Waals surface area contributed by atoms with Crippen molar-refractivity contribution >= 4 is 0 Å². The van der Waals surface area contributed by atoms with Crippen molar-refractivity contribution in [2.45, 2.75) is 32.9 Å². The summed E-state index contributed by atoms with van der Waals surface area (Å²) >= 11 is 0. The molecule has 0 fully saturated rings. The lowest BCUT2D eigenvalue weighted by atomic mass is 9.98. The molecule has 0 atom stereocenters. The van der Waals surface area contributed by atoms with E-state index < -0.39 is 11.7 Å². The summed E-state index contributed by atoms with van der Waals surface area (Å²) in [6, 6.07) is 5.80. The van der Waals surface area contributed by atoms with Crippen molar-refractivity contribution in [3.05, 3.63) is 35.4 Å². The summed E-state index contributed by atoms with van der Waals surface area (Å²) < 4.78 is 37.7. The van der Waals surface area contributed by atoms with Crippen LogP contribution in [0.3, 0.4) is 0 Å². The van der Waals surface area contributed by atoms with E-state index in [-0.39, 0.29) is 0 Å². The molecule has 1 rings (SSSR count). The quantitative estimate of drug-likeness (QED) is 0.706. The van der Waals surface area contributed by atoms with Crippen LogP contribution in [0.15, 0.2) is 24.3 Å². The minimum absolute atomic E-state index is 0.402. The van der Waals surface area contributed by atoms with Gasteiger partial charge in [0.1, 0.15) is 0 Å². The average molecular weight is 216 g/mol. The van der Waals surface area contributed by atoms with Crippen LogP contribution in [0.25, 0.3) is 0 Å². The SMILES string of the molecule is CC(C)CCc1ccccc1C(F)(F)F. The molecule has 3 heteroatoms. The zero-order valence-electron chi connectivity index (χ0n) is 8.93. The molecule has 0 heterocycles. The molecule has 15 heavy (non-hydrogen) atoms. The lowest BCUT2D eigenvalue weighted by Gasteiger charge is -2.13. The van der Waals surface area contributed by atoms with Crippen molar-refractivity contribution in [3.63, 3.8) is 0 Å². The van der Waals surface area contributed by atoms with Crippen molar-refractivity contribution in [1.82, 2.24) is 0 Å². The highest BCUT2D eigenvalue weighted by molar-refractivity contribution is 5.29. The summed E-state index contributed by atoms with van der Waals surface area (Å²) in [5.74, 6) is 0.422. The Morgan fingerprint density at radius 3 is 2.27 bits per heavy atom. The second-order valence-corrected chi connectivity index (χ2v) is 4.09. The van der Waals surface area contributed by atoms with E-state index in [9.17, 15) is 13.2 Å². The highest BCUT2D eigenvalue weighted by Gasteiger charge is 2.32. The van der Waals surface area contributed by atoms with Gasteiger partial charge in [-0.25, -0.2) is 0 Å². The van der Waals surface area contributed by atoms with Crippen LogP contribution in [0.2, 0.25) is 0 Å². The number of benzene rings is 1. The van der Waals surface area contributed by atoms with Crippen molar-refractivity contribution in [1.29, 1.82) is 0 Å². The molecule has 0 unspecified atom stereocenters. The number of halogens is 3. The van der Waals surface area contributed by atoms with Gasteiger partial charge in [-0.2, -0.15) is 13.2 Å². The van der Waals surface area contributed by atoms with Gasteiger partial charge in [-0.15, -0.1) is 0 Å². The maximum Gasteiger partial charge on any atom is 0.416 e. The standard InChI is InChI=1S/C12H15F3/c1-9(2)7-8-10-5-3-4-6-11(10)12(13,14)15/h3-6,9H,7-8H2,1-2H3. The predicted octanol–water partition coefficient (Wildman–Crippen LogP) is 4.29. The molecule has 0 radical (unpaired) electrons. The Morgan fingerprint density at radius 1 is 1.13 bits per heavy atom. The summed E-state index contributed by atoms with van der Waals surface area (Å²) in [6.07, 6.45) is -2.95. The third-order valence-electron chi connectivity index (χ3n) is 2.31. The minimum atomic E-state index is -4.23. The second kappa shape index (κ2) is 4.69. The Balaban J connectivity index is 2.87. The molecule has 0 aliphatic carbocycles. The maximum atomic E-state index is 12.6. The van der Waals surface area contributed by atoms with Crippen LogP contribution in [0, 0.1) is 5.92 Å². The van der Waals surface area contributed by atoms with Crippen LogP contribution in [0.5, 0.6) is 0 Å². The Bertz CT molecular complexity index is 313. The lowest BCUT2D eigenvalue weighted by molar-refractivity contribution is -0.138. The average Bonchev–Trinajstić information content (AvgIpc) is 2.13. The normalized spacial score (nSPS) is 12.1. The van der Waals surface area contributed by atoms with E-state index in [0.29, 0.717) is 17.9 Å². The summed E-state index contributed by atoms with van der Waals surface area (Å²) in [5, 5.41) is 0.